The highest BCUT2D eigenvalue weighted by atomic mass is 19.1. The predicted molar refractivity (Wildman–Crippen MR) is 136 cm³/mol. The van der Waals surface area contributed by atoms with Gasteiger partial charge in [0.15, 0.2) is 0 Å². The maximum atomic E-state index is 14.6. The Bertz CT molecular complexity index is 1190. The van der Waals surface area contributed by atoms with Gasteiger partial charge in [0.05, 0.1) is 11.3 Å². The molecular weight excluding hydrogens is 461 g/mol. The number of carbonyl (C=O) groups is 2. The lowest BCUT2D eigenvalue weighted by atomic mass is 10.0. The van der Waals surface area contributed by atoms with Crippen LogP contribution in [-0.2, 0) is 29.0 Å². The van der Waals surface area contributed by atoms with Gasteiger partial charge in [-0.2, -0.15) is 0 Å². The van der Waals surface area contributed by atoms with E-state index in [2.05, 4.69) is 5.32 Å². The van der Waals surface area contributed by atoms with Gasteiger partial charge in [-0.05, 0) is 18.1 Å². The number of hydrogen-bond donors (Lipinski definition) is 1. The summed E-state index contributed by atoms with van der Waals surface area (Å²) in [5, 5.41) is 14.4. The van der Waals surface area contributed by atoms with Gasteiger partial charge in [-0.15, -0.1) is 0 Å². The number of halogens is 1. The molecule has 36 heavy (non-hydrogen) atoms. The standard InChI is InChI=1S/C28H30FN3O4/c1-2-3-17-30-28(34)26(18-21-11-5-4-6-12-21)31(20-23-14-7-9-15-24(23)29)27(33)19-22-13-8-10-16-25(22)32(35)36/h4-16,26H,2-3,17-20H2,1H3,(H,30,34). The van der Waals surface area contributed by atoms with E-state index in [4.69, 9.17) is 0 Å². The van der Waals surface area contributed by atoms with Crippen molar-refractivity contribution in [3.8, 4) is 0 Å². The molecule has 188 valence electrons. The molecule has 0 saturated heterocycles. The number of amides is 2. The van der Waals surface area contributed by atoms with E-state index in [1.54, 1.807) is 24.3 Å². The Hall–Kier alpha value is -4.07. The van der Waals surface area contributed by atoms with E-state index in [0.29, 0.717) is 6.54 Å². The van der Waals surface area contributed by atoms with Crippen LogP contribution in [0.4, 0.5) is 10.1 Å². The summed E-state index contributed by atoms with van der Waals surface area (Å²) in [7, 11) is 0. The number of nitro groups is 1. The van der Waals surface area contributed by atoms with Crippen molar-refractivity contribution in [2.24, 2.45) is 0 Å². The van der Waals surface area contributed by atoms with Crippen LogP contribution < -0.4 is 5.32 Å². The topological polar surface area (TPSA) is 92.6 Å². The highest BCUT2D eigenvalue weighted by molar-refractivity contribution is 5.89. The Morgan fingerprint density at radius 3 is 2.28 bits per heavy atom. The van der Waals surface area contributed by atoms with Crippen LogP contribution in [-0.4, -0.2) is 34.2 Å². The second kappa shape index (κ2) is 13.1. The van der Waals surface area contributed by atoms with Crippen LogP contribution >= 0.6 is 0 Å². The quantitative estimate of drug-likeness (QED) is 0.223. The van der Waals surface area contributed by atoms with Crippen LogP contribution in [0.5, 0.6) is 0 Å². The molecule has 0 aliphatic heterocycles. The van der Waals surface area contributed by atoms with Gasteiger partial charge in [0.2, 0.25) is 11.8 Å². The number of benzene rings is 3. The molecule has 8 heteroatoms. The van der Waals surface area contributed by atoms with Gasteiger partial charge in [0, 0.05) is 36.7 Å². The van der Waals surface area contributed by atoms with E-state index in [1.807, 2.05) is 37.3 Å². The average molecular weight is 492 g/mol. The molecule has 0 heterocycles. The van der Waals surface area contributed by atoms with Crippen molar-refractivity contribution < 1.29 is 18.9 Å². The van der Waals surface area contributed by atoms with Crippen molar-refractivity contribution in [3.63, 3.8) is 0 Å². The molecule has 0 spiro atoms. The van der Waals surface area contributed by atoms with Crippen molar-refractivity contribution in [1.29, 1.82) is 0 Å². The fraction of sp³-hybridized carbons (Fsp3) is 0.286. The lowest BCUT2D eigenvalue weighted by Crippen LogP contribution is -2.51. The summed E-state index contributed by atoms with van der Waals surface area (Å²) in [6.07, 6.45) is 1.59. The summed E-state index contributed by atoms with van der Waals surface area (Å²) in [6.45, 7) is 2.31. The van der Waals surface area contributed by atoms with Gasteiger partial charge in [0.1, 0.15) is 11.9 Å². The molecule has 0 bridgehead atoms. The third kappa shape index (κ3) is 7.21. The molecule has 0 aromatic heterocycles. The number of hydrogen-bond acceptors (Lipinski definition) is 4. The SMILES string of the molecule is CCCCNC(=O)C(Cc1ccccc1)N(Cc1ccccc1F)C(=O)Cc1ccccc1[N+](=O)[O-]. The van der Waals surface area contributed by atoms with Gasteiger partial charge in [-0.25, -0.2) is 4.39 Å². The largest absolute Gasteiger partial charge is 0.354 e. The summed E-state index contributed by atoms with van der Waals surface area (Å²) in [4.78, 5) is 39.3. The summed E-state index contributed by atoms with van der Waals surface area (Å²) in [6, 6.07) is 20.4. The van der Waals surface area contributed by atoms with E-state index in [9.17, 15) is 24.1 Å². The number of para-hydroxylation sites is 1. The zero-order valence-electron chi connectivity index (χ0n) is 20.2. The monoisotopic (exact) mass is 491 g/mol. The Labute approximate surface area is 210 Å². The lowest BCUT2D eigenvalue weighted by molar-refractivity contribution is -0.385. The minimum absolute atomic E-state index is 0.148. The van der Waals surface area contributed by atoms with Crippen LogP contribution in [0, 0.1) is 15.9 Å². The van der Waals surface area contributed by atoms with Crippen molar-refractivity contribution in [2.75, 3.05) is 6.54 Å². The van der Waals surface area contributed by atoms with Gasteiger partial charge >= 0.3 is 0 Å². The second-order valence-corrected chi connectivity index (χ2v) is 8.53. The molecular formula is C28H30FN3O4. The highest BCUT2D eigenvalue weighted by Crippen LogP contribution is 2.22. The molecule has 0 fully saturated rings. The zero-order valence-corrected chi connectivity index (χ0v) is 20.2. The van der Waals surface area contributed by atoms with E-state index < -0.39 is 22.7 Å². The van der Waals surface area contributed by atoms with E-state index in [-0.39, 0.29) is 42.1 Å². The van der Waals surface area contributed by atoms with Crippen molar-refractivity contribution in [1.82, 2.24) is 10.2 Å². The third-order valence-corrected chi connectivity index (χ3v) is 5.93. The molecule has 0 radical (unpaired) electrons. The van der Waals surface area contributed by atoms with E-state index in [1.165, 1.54) is 29.2 Å². The molecule has 7 nitrogen and oxygen atoms in total. The van der Waals surface area contributed by atoms with Crippen molar-refractivity contribution >= 4 is 17.5 Å². The van der Waals surface area contributed by atoms with Crippen LogP contribution in [0.3, 0.4) is 0 Å². The number of carbonyl (C=O) groups excluding carboxylic acids is 2. The number of nitrogens with zero attached hydrogens (tertiary/aromatic N) is 2. The summed E-state index contributed by atoms with van der Waals surface area (Å²) < 4.78 is 14.6. The number of nitrogens with one attached hydrogen (secondary N) is 1. The highest BCUT2D eigenvalue weighted by Gasteiger charge is 2.31. The van der Waals surface area contributed by atoms with Crippen LogP contribution in [0.1, 0.15) is 36.5 Å². The molecule has 3 rings (SSSR count). The molecule has 1 N–H and O–H groups in total. The molecule has 0 aliphatic rings. The first-order valence-electron chi connectivity index (χ1n) is 12.0. The smallest absolute Gasteiger partial charge is 0.273 e. The number of rotatable bonds is 12. The van der Waals surface area contributed by atoms with Gasteiger partial charge in [-0.1, -0.05) is 80.1 Å². The normalized spacial score (nSPS) is 11.5. The molecule has 1 atom stereocenters. The van der Waals surface area contributed by atoms with Crippen LogP contribution in [0.2, 0.25) is 0 Å². The molecule has 3 aromatic carbocycles. The molecule has 0 aliphatic carbocycles. The average Bonchev–Trinajstić information content (AvgIpc) is 2.88. The molecule has 0 saturated carbocycles. The lowest BCUT2D eigenvalue weighted by Gasteiger charge is -2.31. The minimum Gasteiger partial charge on any atom is -0.354 e. The third-order valence-electron chi connectivity index (χ3n) is 5.93. The van der Waals surface area contributed by atoms with Gasteiger partial charge in [-0.3, -0.25) is 19.7 Å². The minimum atomic E-state index is -0.931. The first-order chi connectivity index (χ1) is 17.4. The Morgan fingerprint density at radius 1 is 0.972 bits per heavy atom. The Balaban J connectivity index is 2.00. The van der Waals surface area contributed by atoms with Crippen molar-refractivity contribution in [2.45, 2.75) is 45.2 Å². The molecule has 2 amide bonds. The summed E-state index contributed by atoms with van der Waals surface area (Å²) in [5.41, 5.74) is 1.15. The van der Waals surface area contributed by atoms with Crippen molar-refractivity contribution in [3.05, 3.63) is 111 Å². The first kappa shape index (κ1) is 26.5. The Kier molecular flexibility index (Phi) is 9.68. The number of unbranched alkanes of at least 4 members (excludes halogenated alkanes) is 1. The maximum absolute atomic E-state index is 14.6. The maximum Gasteiger partial charge on any atom is 0.273 e. The molecule has 3 aromatic rings. The van der Waals surface area contributed by atoms with E-state index in [0.717, 1.165) is 18.4 Å². The second-order valence-electron chi connectivity index (χ2n) is 8.53. The molecule has 1 unspecified atom stereocenters. The summed E-state index contributed by atoms with van der Waals surface area (Å²) in [5.74, 6) is -1.34. The Morgan fingerprint density at radius 2 is 1.61 bits per heavy atom. The van der Waals surface area contributed by atoms with Gasteiger partial charge < -0.3 is 10.2 Å². The fourth-order valence-corrected chi connectivity index (χ4v) is 3.97. The first-order valence-corrected chi connectivity index (χ1v) is 12.0. The fourth-order valence-electron chi connectivity index (χ4n) is 3.97. The van der Waals surface area contributed by atoms with E-state index >= 15 is 0 Å². The van der Waals surface area contributed by atoms with Crippen LogP contribution in [0.25, 0.3) is 0 Å². The number of nitro benzene ring substituents is 1. The summed E-state index contributed by atoms with van der Waals surface area (Å²) >= 11 is 0. The van der Waals surface area contributed by atoms with Crippen LogP contribution in [0.15, 0.2) is 78.9 Å². The zero-order chi connectivity index (χ0) is 25.9. The predicted octanol–water partition coefficient (Wildman–Crippen LogP) is 4.83. The van der Waals surface area contributed by atoms with Gasteiger partial charge in [0.25, 0.3) is 5.69 Å².